The van der Waals surface area contributed by atoms with Crippen LogP contribution in [0.2, 0.25) is 0 Å². The molecule has 3 nitrogen and oxygen atoms in total. The molecule has 0 N–H and O–H groups in total. The van der Waals surface area contributed by atoms with Gasteiger partial charge in [0.2, 0.25) is 5.91 Å². The molecule has 0 aliphatic carbocycles. The van der Waals surface area contributed by atoms with Crippen molar-refractivity contribution in [3.05, 3.63) is 29.8 Å². The molecule has 1 amide bonds. The van der Waals surface area contributed by atoms with Crippen LogP contribution in [0.25, 0.3) is 0 Å². The minimum absolute atomic E-state index is 0.215. The van der Waals surface area contributed by atoms with Crippen LogP contribution in [-0.2, 0) is 11.3 Å². The number of piperidine rings is 2. The summed E-state index contributed by atoms with van der Waals surface area (Å²) in [5.74, 6) is 0.624. The van der Waals surface area contributed by atoms with Crippen molar-refractivity contribution < 1.29 is 4.79 Å². The largest absolute Gasteiger partial charge is 0.342 e. The second kappa shape index (κ2) is 8.20. The molecule has 0 saturated carbocycles. The van der Waals surface area contributed by atoms with Crippen LogP contribution in [0.1, 0.15) is 37.7 Å². The topological polar surface area (TPSA) is 23.6 Å². The smallest absolute Gasteiger partial charge is 0.226 e. The van der Waals surface area contributed by atoms with Crippen LogP contribution in [0.15, 0.2) is 29.2 Å². The molecule has 23 heavy (non-hydrogen) atoms. The highest BCUT2D eigenvalue weighted by Crippen LogP contribution is 2.23. The highest BCUT2D eigenvalue weighted by atomic mass is 32.2. The molecule has 0 bridgehead atoms. The third kappa shape index (κ3) is 4.51. The number of thioether (sulfide) groups is 1. The van der Waals surface area contributed by atoms with Gasteiger partial charge in [0.15, 0.2) is 0 Å². The Kier molecular flexibility index (Phi) is 6.01. The zero-order valence-corrected chi connectivity index (χ0v) is 15.0. The maximum absolute atomic E-state index is 12.7. The molecule has 1 aromatic rings. The lowest BCUT2D eigenvalue weighted by Crippen LogP contribution is -2.46. The zero-order chi connectivity index (χ0) is 16.1. The first-order chi connectivity index (χ1) is 11.3. The molecule has 0 spiro atoms. The Bertz CT molecular complexity index is 511. The second-order valence-electron chi connectivity index (χ2n) is 6.81. The molecule has 2 saturated heterocycles. The predicted molar refractivity (Wildman–Crippen MR) is 96.7 cm³/mol. The summed E-state index contributed by atoms with van der Waals surface area (Å²) < 4.78 is 0. The number of nitrogens with zero attached hydrogens (tertiary/aromatic N) is 2. The van der Waals surface area contributed by atoms with Crippen LogP contribution >= 0.6 is 11.8 Å². The van der Waals surface area contributed by atoms with Crippen molar-refractivity contribution in [1.29, 1.82) is 0 Å². The standard InChI is InChI=1S/C19H28N2OS/c1-23-18-9-7-16(8-10-18)14-20-11-5-6-17(15-20)19(22)21-12-3-2-4-13-21/h7-10,17H,2-6,11-15H2,1H3/t17-/m0/s1. The SMILES string of the molecule is CSc1ccc(CN2CCC[C@H](C(=O)N3CCCCC3)C2)cc1. The van der Waals surface area contributed by atoms with Gasteiger partial charge < -0.3 is 4.90 Å². The number of hydrogen-bond acceptors (Lipinski definition) is 3. The summed E-state index contributed by atoms with van der Waals surface area (Å²) in [6.07, 6.45) is 7.97. The van der Waals surface area contributed by atoms with Crippen molar-refractivity contribution in [2.45, 2.75) is 43.5 Å². The summed E-state index contributed by atoms with van der Waals surface area (Å²) in [4.78, 5) is 18.6. The van der Waals surface area contributed by atoms with Gasteiger partial charge in [-0.05, 0) is 62.6 Å². The first-order valence-electron chi connectivity index (χ1n) is 8.90. The number of amides is 1. The maximum Gasteiger partial charge on any atom is 0.226 e. The fourth-order valence-electron chi connectivity index (χ4n) is 3.76. The average molecular weight is 333 g/mol. The number of likely N-dealkylation sites (tertiary alicyclic amines) is 2. The third-order valence-electron chi connectivity index (χ3n) is 5.09. The Morgan fingerprint density at radius 1 is 1.09 bits per heavy atom. The summed E-state index contributed by atoms with van der Waals surface area (Å²) in [6, 6.07) is 8.84. The van der Waals surface area contributed by atoms with Crippen LogP contribution in [0.3, 0.4) is 0 Å². The van der Waals surface area contributed by atoms with E-state index in [-0.39, 0.29) is 5.92 Å². The minimum atomic E-state index is 0.215. The van der Waals surface area contributed by atoms with Gasteiger partial charge in [-0.25, -0.2) is 0 Å². The number of rotatable bonds is 4. The molecule has 0 unspecified atom stereocenters. The molecule has 4 heteroatoms. The van der Waals surface area contributed by atoms with E-state index in [1.165, 1.54) is 29.7 Å². The lowest BCUT2D eigenvalue weighted by molar-refractivity contribution is -0.138. The fraction of sp³-hybridized carbons (Fsp3) is 0.632. The van der Waals surface area contributed by atoms with Crippen molar-refractivity contribution in [3.8, 4) is 0 Å². The van der Waals surface area contributed by atoms with Crippen molar-refractivity contribution >= 4 is 17.7 Å². The van der Waals surface area contributed by atoms with E-state index in [2.05, 4.69) is 40.3 Å². The highest BCUT2D eigenvalue weighted by molar-refractivity contribution is 7.98. The summed E-state index contributed by atoms with van der Waals surface area (Å²) in [6.45, 7) is 4.98. The Morgan fingerprint density at radius 3 is 2.52 bits per heavy atom. The summed E-state index contributed by atoms with van der Waals surface area (Å²) >= 11 is 1.78. The van der Waals surface area contributed by atoms with Gasteiger partial charge in [0, 0.05) is 31.1 Å². The van der Waals surface area contributed by atoms with Gasteiger partial charge in [0.05, 0.1) is 5.92 Å². The molecule has 3 rings (SSSR count). The normalized spacial score (nSPS) is 23.0. The van der Waals surface area contributed by atoms with Gasteiger partial charge in [0.25, 0.3) is 0 Å². The predicted octanol–water partition coefficient (Wildman–Crippen LogP) is 3.63. The quantitative estimate of drug-likeness (QED) is 0.787. The van der Waals surface area contributed by atoms with Crippen LogP contribution in [0, 0.1) is 5.92 Å². The first kappa shape index (κ1) is 16.8. The highest BCUT2D eigenvalue weighted by Gasteiger charge is 2.29. The minimum Gasteiger partial charge on any atom is -0.342 e. The number of hydrogen-bond donors (Lipinski definition) is 0. The summed E-state index contributed by atoms with van der Waals surface area (Å²) in [5.41, 5.74) is 1.36. The Hall–Kier alpha value is -1.00. The van der Waals surface area contributed by atoms with Crippen LogP contribution in [0.5, 0.6) is 0 Å². The second-order valence-corrected chi connectivity index (χ2v) is 7.69. The van der Waals surface area contributed by atoms with E-state index in [4.69, 9.17) is 0 Å². The molecule has 126 valence electrons. The molecule has 0 aromatic heterocycles. The van der Waals surface area contributed by atoms with Gasteiger partial charge >= 0.3 is 0 Å². The van der Waals surface area contributed by atoms with E-state index >= 15 is 0 Å². The number of carbonyl (C=O) groups excluding carboxylic acids is 1. The van der Waals surface area contributed by atoms with Crippen molar-refractivity contribution in [1.82, 2.24) is 9.80 Å². The Morgan fingerprint density at radius 2 is 1.83 bits per heavy atom. The van der Waals surface area contributed by atoms with Crippen molar-refractivity contribution in [2.24, 2.45) is 5.92 Å². The monoisotopic (exact) mass is 332 g/mol. The summed E-state index contributed by atoms with van der Waals surface area (Å²) in [5, 5.41) is 0. The lowest BCUT2D eigenvalue weighted by atomic mass is 9.95. The van der Waals surface area contributed by atoms with E-state index in [0.717, 1.165) is 45.6 Å². The molecule has 2 heterocycles. The molecule has 1 atom stereocenters. The van der Waals surface area contributed by atoms with Gasteiger partial charge in [0.1, 0.15) is 0 Å². The average Bonchev–Trinajstić information content (AvgIpc) is 2.63. The van der Waals surface area contributed by atoms with Gasteiger partial charge in [-0.15, -0.1) is 11.8 Å². The van der Waals surface area contributed by atoms with Crippen molar-refractivity contribution in [3.63, 3.8) is 0 Å². The Labute approximate surface area is 144 Å². The molecule has 0 radical (unpaired) electrons. The van der Waals surface area contributed by atoms with Crippen LogP contribution in [-0.4, -0.2) is 48.1 Å². The van der Waals surface area contributed by atoms with E-state index in [9.17, 15) is 4.79 Å². The van der Waals surface area contributed by atoms with E-state index in [1.54, 1.807) is 11.8 Å². The molecular formula is C19H28N2OS. The zero-order valence-electron chi connectivity index (χ0n) is 14.2. The van der Waals surface area contributed by atoms with Gasteiger partial charge in [-0.1, -0.05) is 12.1 Å². The third-order valence-corrected chi connectivity index (χ3v) is 5.83. The van der Waals surface area contributed by atoms with E-state index < -0.39 is 0 Å². The van der Waals surface area contributed by atoms with Crippen molar-refractivity contribution in [2.75, 3.05) is 32.4 Å². The first-order valence-corrected chi connectivity index (χ1v) is 10.1. The molecular weight excluding hydrogens is 304 g/mol. The number of carbonyl (C=O) groups is 1. The Balaban J connectivity index is 1.55. The van der Waals surface area contributed by atoms with Crippen LogP contribution in [0.4, 0.5) is 0 Å². The van der Waals surface area contributed by atoms with E-state index in [1.807, 2.05) is 0 Å². The van der Waals surface area contributed by atoms with Gasteiger partial charge in [-0.3, -0.25) is 9.69 Å². The molecule has 2 aliphatic heterocycles. The number of benzene rings is 1. The fourth-order valence-corrected chi connectivity index (χ4v) is 4.17. The van der Waals surface area contributed by atoms with Gasteiger partial charge in [-0.2, -0.15) is 0 Å². The maximum atomic E-state index is 12.7. The van der Waals surface area contributed by atoms with Crippen LogP contribution < -0.4 is 0 Å². The molecule has 1 aromatic carbocycles. The lowest BCUT2D eigenvalue weighted by Gasteiger charge is -2.36. The molecule has 2 fully saturated rings. The summed E-state index contributed by atoms with van der Waals surface area (Å²) in [7, 11) is 0. The van der Waals surface area contributed by atoms with E-state index in [0.29, 0.717) is 5.91 Å². The molecule has 2 aliphatic rings.